The molecule has 2 aromatic rings. The Kier molecular flexibility index (Phi) is 3.90. The van der Waals surface area contributed by atoms with Gasteiger partial charge in [0.1, 0.15) is 0 Å². The minimum Gasteiger partial charge on any atom is -0.294 e. The molecule has 0 saturated carbocycles. The van der Waals surface area contributed by atoms with E-state index in [1.54, 1.807) is 36.4 Å². The zero-order chi connectivity index (χ0) is 14.8. The smallest absolute Gasteiger partial charge is 0.261 e. The Bertz CT molecular complexity index is 737. The second-order valence-corrected chi connectivity index (χ2v) is 6.21. The molecule has 0 spiro atoms. The molecule has 0 heterocycles. The molecule has 0 unspecified atom stereocenters. The van der Waals surface area contributed by atoms with Crippen LogP contribution in [0.2, 0.25) is 0 Å². The van der Waals surface area contributed by atoms with E-state index in [1.807, 2.05) is 6.92 Å². The lowest BCUT2D eigenvalue weighted by Crippen LogP contribution is -2.15. The Morgan fingerprint density at radius 3 is 2.30 bits per heavy atom. The third kappa shape index (κ3) is 3.05. The Morgan fingerprint density at radius 2 is 1.70 bits per heavy atom. The number of anilines is 1. The topological polar surface area (TPSA) is 63.2 Å². The number of hydrogen-bond acceptors (Lipinski definition) is 3. The van der Waals surface area contributed by atoms with Gasteiger partial charge in [0.25, 0.3) is 10.0 Å². The standard InChI is InChI=1S/C15H15NO3S/c1-11-8-9-15(14(10-11)12(2)17)16-20(18,19)13-6-4-3-5-7-13/h3-10,16H,1-2H3. The highest BCUT2D eigenvalue weighted by atomic mass is 32.2. The van der Waals surface area contributed by atoms with Crippen LogP contribution in [0.1, 0.15) is 22.8 Å². The van der Waals surface area contributed by atoms with Crippen LogP contribution in [-0.4, -0.2) is 14.2 Å². The zero-order valence-electron chi connectivity index (χ0n) is 11.3. The quantitative estimate of drug-likeness (QED) is 0.880. The molecular weight excluding hydrogens is 274 g/mol. The second-order valence-electron chi connectivity index (χ2n) is 4.52. The fourth-order valence-corrected chi connectivity index (χ4v) is 2.94. The molecule has 2 aromatic carbocycles. The highest BCUT2D eigenvalue weighted by molar-refractivity contribution is 7.92. The molecule has 2 rings (SSSR count). The van der Waals surface area contributed by atoms with Gasteiger partial charge in [-0.05, 0) is 38.1 Å². The highest BCUT2D eigenvalue weighted by Gasteiger charge is 2.17. The molecule has 0 aromatic heterocycles. The Balaban J connectivity index is 2.43. The second kappa shape index (κ2) is 5.46. The summed E-state index contributed by atoms with van der Waals surface area (Å²) in [4.78, 5) is 11.8. The van der Waals surface area contributed by atoms with Gasteiger partial charge in [0.2, 0.25) is 0 Å². The van der Waals surface area contributed by atoms with Crippen molar-refractivity contribution in [3.8, 4) is 0 Å². The van der Waals surface area contributed by atoms with Gasteiger partial charge in [-0.1, -0.05) is 29.8 Å². The minimum atomic E-state index is -3.68. The summed E-state index contributed by atoms with van der Waals surface area (Å²) in [5.41, 5.74) is 1.56. The van der Waals surface area contributed by atoms with Gasteiger partial charge in [-0.2, -0.15) is 0 Å². The number of benzene rings is 2. The molecule has 0 amide bonds. The van der Waals surface area contributed by atoms with E-state index in [0.29, 0.717) is 11.3 Å². The molecule has 0 aliphatic heterocycles. The van der Waals surface area contributed by atoms with Crippen molar-refractivity contribution < 1.29 is 13.2 Å². The number of sulfonamides is 1. The Labute approximate surface area is 118 Å². The van der Waals surface area contributed by atoms with E-state index in [1.165, 1.54) is 19.1 Å². The van der Waals surface area contributed by atoms with Crippen molar-refractivity contribution >= 4 is 21.5 Å². The molecule has 0 atom stereocenters. The molecule has 0 saturated heterocycles. The number of carbonyl (C=O) groups excluding carboxylic acids is 1. The average Bonchev–Trinajstić information content (AvgIpc) is 2.41. The third-order valence-electron chi connectivity index (χ3n) is 2.85. The summed E-state index contributed by atoms with van der Waals surface area (Å²) in [7, 11) is -3.68. The van der Waals surface area contributed by atoms with E-state index in [-0.39, 0.29) is 10.7 Å². The van der Waals surface area contributed by atoms with Crippen molar-refractivity contribution in [1.29, 1.82) is 0 Å². The van der Waals surface area contributed by atoms with Crippen molar-refractivity contribution in [3.63, 3.8) is 0 Å². The van der Waals surface area contributed by atoms with Gasteiger partial charge >= 0.3 is 0 Å². The number of rotatable bonds is 4. The van der Waals surface area contributed by atoms with Crippen LogP contribution >= 0.6 is 0 Å². The molecule has 5 heteroatoms. The lowest BCUT2D eigenvalue weighted by Gasteiger charge is -2.11. The van der Waals surface area contributed by atoms with Crippen molar-refractivity contribution in [1.82, 2.24) is 0 Å². The van der Waals surface area contributed by atoms with Crippen LogP contribution in [0.4, 0.5) is 5.69 Å². The van der Waals surface area contributed by atoms with Crippen LogP contribution in [-0.2, 0) is 10.0 Å². The highest BCUT2D eigenvalue weighted by Crippen LogP contribution is 2.21. The predicted octanol–water partition coefficient (Wildman–Crippen LogP) is 3.00. The first-order chi connectivity index (χ1) is 9.40. The molecular formula is C15H15NO3S. The first-order valence-corrected chi connectivity index (χ1v) is 7.58. The lowest BCUT2D eigenvalue weighted by atomic mass is 10.1. The van der Waals surface area contributed by atoms with Gasteiger partial charge in [-0.25, -0.2) is 8.42 Å². The summed E-state index contributed by atoms with van der Waals surface area (Å²) in [5.74, 6) is -0.181. The maximum absolute atomic E-state index is 12.2. The SMILES string of the molecule is CC(=O)c1cc(C)ccc1NS(=O)(=O)c1ccccc1. The van der Waals surface area contributed by atoms with Crippen molar-refractivity contribution in [2.75, 3.05) is 4.72 Å². The monoisotopic (exact) mass is 289 g/mol. The van der Waals surface area contributed by atoms with Crippen LogP contribution in [0, 0.1) is 6.92 Å². The molecule has 0 fully saturated rings. The number of carbonyl (C=O) groups is 1. The zero-order valence-corrected chi connectivity index (χ0v) is 12.1. The van der Waals surface area contributed by atoms with Gasteiger partial charge in [0, 0.05) is 5.56 Å². The van der Waals surface area contributed by atoms with Crippen molar-refractivity contribution in [2.45, 2.75) is 18.7 Å². The van der Waals surface area contributed by atoms with Gasteiger partial charge < -0.3 is 0 Å². The van der Waals surface area contributed by atoms with Crippen LogP contribution in [0.5, 0.6) is 0 Å². The first-order valence-electron chi connectivity index (χ1n) is 6.09. The molecule has 0 radical (unpaired) electrons. The molecule has 4 nitrogen and oxygen atoms in total. The van der Waals surface area contributed by atoms with E-state index in [2.05, 4.69) is 4.72 Å². The van der Waals surface area contributed by atoms with Crippen LogP contribution in [0.3, 0.4) is 0 Å². The number of hydrogen-bond donors (Lipinski definition) is 1. The van der Waals surface area contributed by atoms with E-state index < -0.39 is 10.0 Å². The van der Waals surface area contributed by atoms with Crippen LogP contribution in [0.15, 0.2) is 53.4 Å². The molecule has 0 aliphatic carbocycles. The molecule has 20 heavy (non-hydrogen) atoms. The lowest BCUT2D eigenvalue weighted by molar-refractivity contribution is 0.101. The number of ketones is 1. The fraction of sp³-hybridized carbons (Fsp3) is 0.133. The summed E-state index contributed by atoms with van der Waals surface area (Å²) >= 11 is 0. The van der Waals surface area contributed by atoms with Crippen molar-refractivity contribution in [3.05, 3.63) is 59.7 Å². The van der Waals surface area contributed by atoms with Gasteiger partial charge in [0.15, 0.2) is 5.78 Å². The van der Waals surface area contributed by atoms with E-state index in [4.69, 9.17) is 0 Å². The van der Waals surface area contributed by atoms with E-state index in [0.717, 1.165) is 5.56 Å². The van der Waals surface area contributed by atoms with Crippen LogP contribution in [0.25, 0.3) is 0 Å². The molecule has 0 bridgehead atoms. The van der Waals surface area contributed by atoms with Gasteiger partial charge in [-0.3, -0.25) is 9.52 Å². The van der Waals surface area contributed by atoms with E-state index >= 15 is 0 Å². The summed E-state index contributed by atoms with van der Waals surface area (Å²) in [5, 5.41) is 0. The summed E-state index contributed by atoms with van der Waals surface area (Å²) in [6.45, 7) is 3.26. The number of Topliss-reactive ketones (excluding diaryl/α,β-unsaturated/α-hetero) is 1. The summed E-state index contributed by atoms with van der Waals surface area (Å²) in [6.07, 6.45) is 0. The average molecular weight is 289 g/mol. The molecule has 1 N–H and O–H groups in total. The summed E-state index contributed by atoms with van der Waals surface area (Å²) in [6, 6.07) is 13.1. The van der Waals surface area contributed by atoms with Gasteiger partial charge in [-0.15, -0.1) is 0 Å². The first kappa shape index (κ1) is 14.3. The maximum atomic E-state index is 12.2. The Morgan fingerprint density at radius 1 is 1.05 bits per heavy atom. The number of nitrogens with one attached hydrogen (secondary N) is 1. The van der Waals surface area contributed by atoms with Crippen LogP contribution < -0.4 is 4.72 Å². The summed E-state index contributed by atoms with van der Waals surface area (Å²) < 4.78 is 26.9. The largest absolute Gasteiger partial charge is 0.294 e. The fourth-order valence-electron chi connectivity index (χ4n) is 1.84. The van der Waals surface area contributed by atoms with Crippen molar-refractivity contribution in [2.24, 2.45) is 0 Å². The minimum absolute atomic E-state index is 0.162. The molecule has 104 valence electrons. The normalized spacial score (nSPS) is 11.1. The Hall–Kier alpha value is -2.14. The van der Waals surface area contributed by atoms with E-state index in [9.17, 15) is 13.2 Å². The third-order valence-corrected chi connectivity index (χ3v) is 4.23. The number of aryl methyl sites for hydroxylation is 1. The molecule has 0 aliphatic rings. The maximum Gasteiger partial charge on any atom is 0.261 e. The van der Waals surface area contributed by atoms with Gasteiger partial charge in [0.05, 0.1) is 10.6 Å². The predicted molar refractivity (Wildman–Crippen MR) is 78.4 cm³/mol.